The van der Waals surface area contributed by atoms with Crippen LogP contribution in [-0.2, 0) is 50.1 Å². The molecule has 1 saturated heterocycles. The van der Waals surface area contributed by atoms with Crippen molar-refractivity contribution in [3.05, 3.63) is 144 Å². The van der Waals surface area contributed by atoms with Crippen LogP contribution in [-0.4, -0.2) is 42.4 Å². The van der Waals surface area contributed by atoms with E-state index < -0.39 is 30.7 Å². The molecule has 0 radical (unpaired) electrons. The van der Waals surface area contributed by atoms with Gasteiger partial charge in [-0.3, -0.25) is 0 Å². The van der Waals surface area contributed by atoms with Gasteiger partial charge in [0, 0.05) is 0 Å². The van der Waals surface area contributed by atoms with Crippen LogP contribution in [0, 0.1) is 0 Å². The maximum atomic E-state index is 11.2. The molecule has 1 fully saturated rings. The van der Waals surface area contributed by atoms with E-state index in [2.05, 4.69) is 0 Å². The quantitative estimate of drug-likeness (QED) is 0.236. The van der Waals surface area contributed by atoms with Crippen molar-refractivity contribution in [3.63, 3.8) is 0 Å². The number of ether oxygens (including phenoxy) is 5. The van der Waals surface area contributed by atoms with Crippen molar-refractivity contribution < 1.29 is 28.8 Å². The number of rotatable bonds is 13. The van der Waals surface area contributed by atoms with Crippen LogP contribution in [0.3, 0.4) is 0 Å². The van der Waals surface area contributed by atoms with Crippen LogP contribution in [0.4, 0.5) is 0 Å². The Balaban J connectivity index is 1.36. The predicted molar refractivity (Wildman–Crippen MR) is 152 cm³/mol. The highest BCUT2D eigenvalue weighted by atomic mass is 16.7. The second kappa shape index (κ2) is 14.9. The van der Waals surface area contributed by atoms with Crippen molar-refractivity contribution in [1.29, 1.82) is 0 Å². The first-order valence-corrected chi connectivity index (χ1v) is 13.7. The van der Waals surface area contributed by atoms with E-state index in [4.69, 9.17) is 23.7 Å². The van der Waals surface area contributed by atoms with Gasteiger partial charge in [-0.2, -0.15) is 0 Å². The number of benzene rings is 4. The minimum absolute atomic E-state index is 0.224. The molecule has 1 aliphatic rings. The molecule has 0 spiro atoms. The molecule has 0 unspecified atom stereocenters. The minimum Gasteiger partial charge on any atom is -0.374 e. The summed E-state index contributed by atoms with van der Waals surface area (Å²) in [6, 6.07) is 39.7. The third-order valence-electron chi connectivity index (χ3n) is 6.86. The van der Waals surface area contributed by atoms with Crippen LogP contribution in [0.1, 0.15) is 22.3 Å². The Morgan fingerprint density at radius 3 is 1.30 bits per heavy atom. The van der Waals surface area contributed by atoms with Gasteiger partial charge in [-0.25, -0.2) is 0 Å². The van der Waals surface area contributed by atoms with Crippen molar-refractivity contribution in [3.8, 4) is 0 Å². The summed E-state index contributed by atoms with van der Waals surface area (Å²) in [5.41, 5.74) is 4.10. The lowest BCUT2D eigenvalue weighted by Crippen LogP contribution is -2.61. The maximum Gasteiger partial charge on any atom is 0.184 e. The fourth-order valence-electron chi connectivity index (χ4n) is 4.77. The topological polar surface area (TPSA) is 66.4 Å². The Hall–Kier alpha value is -3.36. The zero-order chi connectivity index (χ0) is 27.4. The second-order valence-electron chi connectivity index (χ2n) is 9.85. The van der Waals surface area contributed by atoms with Crippen molar-refractivity contribution >= 4 is 0 Å². The Kier molecular flexibility index (Phi) is 10.5. The molecule has 0 saturated carbocycles. The van der Waals surface area contributed by atoms with Crippen molar-refractivity contribution in [2.24, 2.45) is 0 Å². The standard InChI is InChI=1S/C34H36O6/c35-34-33(39-24-29-19-11-4-12-20-29)32(38-23-28-17-9-3-10-18-28)31(37-22-27-15-7-2-8-16-27)30(40-34)25-36-21-26-13-5-1-6-14-26/h1-20,30-35H,21-25H2/t30-,31-,32-,33+,34-/m1/s1. The lowest BCUT2D eigenvalue weighted by atomic mass is 9.98. The van der Waals surface area contributed by atoms with E-state index in [1.807, 2.05) is 121 Å². The van der Waals surface area contributed by atoms with E-state index in [1.165, 1.54) is 0 Å². The average molecular weight is 541 g/mol. The summed E-state index contributed by atoms with van der Waals surface area (Å²) in [6.45, 7) is 1.65. The van der Waals surface area contributed by atoms with Gasteiger partial charge in [-0.05, 0) is 22.3 Å². The van der Waals surface area contributed by atoms with Gasteiger partial charge < -0.3 is 28.8 Å². The lowest BCUT2D eigenvalue weighted by Gasteiger charge is -2.44. The van der Waals surface area contributed by atoms with E-state index in [0.717, 1.165) is 22.3 Å². The van der Waals surface area contributed by atoms with Crippen LogP contribution in [0.5, 0.6) is 0 Å². The van der Waals surface area contributed by atoms with E-state index in [1.54, 1.807) is 0 Å². The summed E-state index contributed by atoms with van der Waals surface area (Å²) in [5, 5.41) is 11.2. The van der Waals surface area contributed by atoms with Crippen LogP contribution in [0.25, 0.3) is 0 Å². The van der Waals surface area contributed by atoms with E-state index in [-0.39, 0.29) is 6.61 Å². The maximum absolute atomic E-state index is 11.2. The van der Waals surface area contributed by atoms with E-state index in [9.17, 15) is 5.11 Å². The van der Waals surface area contributed by atoms with Gasteiger partial charge in [0.2, 0.25) is 0 Å². The number of hydrogen-bond acceptors (Lipinski definition) is 6. The molecule has 1 aliphatic heterocycles. The summed E-state index contributed by atoms with van der Waals surface area (Å²) in [5.74, 6) is 0. The molecule has 0 aromatic heterocycles. The SMILES string of the molecule is O[C@@H]1O[C@H](COCc2ccccc2)[C@@H](OCc2ccccc2)[C@@H](OCc2ccccc2)[C@@H]1OCc1ccccc1. The molecule has 5 rings (SSSR count). The zero-order valence-corrected chi connectivity index (χ0v) is 22.5. The summed E-state index contributed by atoms with van der Waals surface area (Å²) in [7, 11) is 0. The zero-order valence-electron chi connectivity index (χ0n) is 22.5. The highest BCUT2D eigenvalue weighted by Gasteiger charge is 2.48. The van der Waals surface area contributed by atoms with Crippen LogP contribution < -0.4 is 0 Å². The Labute approximate surface area is 236 Å². The molecule has 0 bridgehead atoms. The fraction of sp³-hybridized carbons (Fsp3) is 0.294. The van der Waals surface area contributed by atoms with Gasteiger partial charge in [-0.15, -0.1) is 0 Å². The molecule has 4 aromatic carbocycles. The smallest absolute Gasteiger partial charge is 0.184 e. The molecule has 6 heteroatoms. The average Bonchev–Trinajstić information content (AvgIpc) is 3.01. The summed E-state index contributed by atoms with van der Waals surface area (Å²) in [6.07, 6.45) is -3.72. The van der Waals surface area contributed by atoms with Gasteiger partial charge in [0.25, 0.3) is 0 Å². The largest absolute Gasteiger partial charge is 0.374 e. The summed E-state index contributed by atoms with van der Waals surface area (Å²) in [4.78, 5) is 0. The third-order valence-corrected chi connectivity index (χ3v) is 6.86. The normalized spacial score (nSPS) is 22.7. The van der Waals surface area contributed by atoms with Crippen molar-refractivity contribution in [1.82, 2.24) is 0 Å². The molecule has 6 nitrogen and oxygen atoms in total. The number of aliphatic hydroxyl groups is 1. The molecule has 208 valence electrons. The van der Waals surface area contributed by atoms with Gasteiger partial charge in [-0.1, -0.05) is 121 Å². The molecule has 0 aliphatic carbocycles. The van der Waals surface area contributed by atoms with Crippen molar-refractivity contribution in [2.75, 3.05) is 6.61 Å². The monoisotopic (exact) mass is 540 g/mol. The fourth-order valence-corrected chi connectivity index (χ4v) is 4.77. The molecular formula is C34H36O6. The Morgan fingerprint density at radius 2 is 0.850 bits per heavy atom. The van der Waals surface area contributed by atoms with Gasteiger partial charge in [0.1, 0.15) is 24.4 Å². The minimum atomic E-state index is -1.22. The first-order valence-electron chi connectivity index (χ1n) is 13.7. The molecule has 1 N–H and O–H groups in total. The highest BCUT2D eigenvalue weighted by molar-refractivity contribution is 5.16. The van der Waals surface area contributed by atoms with E-state index in [0.29, 0.717) is 26.4 Å². The third kappa shape index (κ3) is 8.08. The summed E-state index contributed by atoms with van der Waals surface area (Å²) >= 11 is 0. The second-order valence-corrected chi connectivity index (χ2v) is 9.85. The molecule has 4 aromatic rings. The van der Waals surface area contributed by atoms with Gasteiger partial charge >= 0.3 is 0 Å². The Bertz CT molecular complexity index is 1240. The summed E-state index contributed by atoms with van der Waals surface area (Å²) < 4.78 is 31.4. The molecular weight excluding hydrogens is 504 g/mol. The van der Waals surface area contributed by atoms with Crippen LogP contribution in [0.15, 0.2) is 121 Å². The number of hydrogen-bond donors (Lipinski definition) is 1. The van der Waals surface area contributed by atoms with E-state index >= 15 is 0 Å². The number of aliphatic hydroxyl groups excluding tert-OH is 1. The predicted octanol–water partition coefficient (Wildman–Crippen LogP) is 5.68. The van der Waals surface area contributed by atoms with Crippen LogP contribution >= 0.6 is 0 Å². The first-order chi connectivity index (χ1) is 19.8. The molecule has 1 heterocycles. The molecule has 5 atom stereocenters. The molecule has 40 heavy (non-hydrogen) atoms. The van der Waals surface area contributed by atoms with Crippen LogP contribution in [0.2, 0.25) is 0 Å². The molecule has 0 amide bonds. The van der Waals surface area contributed by atoms with Gasteiger partial charge in [0.15, 0.2) is 6.29 Å². The van der Waals surface area contributed by atoms with Gasteiger partial charge in [0.05, 0.1) is 33.0 Å². The highest BCUT2D eigenvalue weighted by Crippen LogP contribution is 2.30. The lowest BCUT2D eigenvalue weighted by molar-refractivity contribution is -0.317. The first kappa shape index (κ1) is 28.2. The van der Waals surface area contributed by atoms with Crippen molar-refractivity contribution in [2.45, 2.75) is 57.1 Å². The Morgan fingerprint density at radius 1 is 0.475 bits per heavy atom.